The van der Waals surface area contributed by atoms with Gasteiger partial charge in [-0.2, -0.15) is 0 Å². The summed E-state index contributed by atoms with van der Waals surface area (Å²) in [6.07, 6.45) is 3.65. The van der Waals surface area contributed by atoms with Crippen LogP contribution in [0.3, 0.4) is 0 Å². The monoisotopic (exact) mass is 228 g/mol. The van der Waals surface area contributed by atoms with Crippen molar-refractivity contribution in [3.8, 4) is 0 Å². The number of hydrogen-bond acceptors (Lipinski definition) is 4. The summed E-state index contributed by atoms with van der Waals surface area (Å²) in [6.45, 7) is 8.51. The molecule has 0 aromatic carbocycles. The largest absolute Gasteiger partial charge is 0.465 e. The number of nitrogens with one attached hydrogen (secondary N) is 1. The molecule has 16 heavy (non-hydrogen) atoms. The Labute approximate surface area is 98.3 Å². The van der Waals surface area contributed by atoms with Gasteiger partial charge in [0.2, 0.25) is 0 Å². The van der Waals surface area contributed by atoms with Gasteiger partial charge in [-0.15, -0.1) is 0 Å². The molecule has 0 saturated carbocycles. The molecule has 0 aliphatic carbocycles. The molecule has 1 fully saturated rings. The molecule has 94 valence electrons. The zero-order valence-corrected chi connectivity index (χ0v) is 10.8. The van der Waals surface area contributed by atoms with Gasteiger partial charge < -0.3 is 4.74 Å². The van der Waals surface area contributed by atoms with Gasteiger partial charge in [0, 0.05) is 12.1 Å². The Morgan fingerprint density at radius 2 is 2.00 bits per heavy atom. The molecule has 0 aromatic heterocycles. The second-order valence-electron chi connectivity index (χ2n) is 4.64. The molecule has 1 aliphatic heterocycles. The quantitative estimate of drug-likeness (QED) is 0.744. The molecule has 0 amide bonds. The van der Waals surface area contributed by atoms with Crippen molar-refractivity contribution in [3.05, 3.63) is 0 Å². The highest BCUT2D eigenvalue weighted by molar-refractivity contribution is 5.75. The summed E-state index contributed by atoms with van der Waals surface area (Å²) < 4.78 is 4.99. The number of rotatable bonds is 4. The van der Waals surface area contributed by atoms with Gasteiger partial charge in [-0.25, -0.2) is 10.4 Å². The Morgan fingerprint density at radius 1 is 1.44 bits per heavy atom. The lowest BCUT2D eigenvalue weighted by atomic mass is 10.00. The maximum atomic E-state index is 11.5. The first-order valence-electron chi connectivity index (χ1n) is 6.27. The fourth-order valence-electron chi connectivity index (χ4n) is 2.22. The van der Waals surface area contributed by atoms with Crippen molar-refractivity contribution in [1.82, 2.24) is 10.4 Å². The van der Waals surface area contributed by atoms with E-state index in [0.717, 1.165) is 0 Å². The van der Waals surface area contributed by atoms with Gasteiger partial charge >= 0.3 is 5.97 Å². The number of nitrogens with zero attached hydrogens (tertiary/aromatic N) is 1. The van der Waals surface area contributed by atoms with E-state index in [4.69, 9.17) is 4.74 Å². The van der Waals surface area contributed by atoms with Gasteiger partial charge in [0.1, 0.15) is 6.04 Å². The second-order valence-corrected chi connectivity index (χ2v) is 4.64. The minimum absolute atomic E-state index is 0.174. The van der Waals surface area contributed by atoms with Gasteiger partial charge in [-0.05, 0) is 40.5 Å². The number of esters is 1. The smallest absolute Gasteiger partial charge is 0.324 e. The Bertz CT molecular complexity index is 223. The van der Waals surface area contributed by atoms with Crippen molar-refractivity contribution >= 4 is 5.97 Å². The Kier molecular flexibility index (Phi) is 5.22. The van der Waals surface area contributed by atoms with Crippen molar-refractivity contribution in [2.75, 3.05) is 6.61 Å². The van der Waals surface area contributed by atoms with Gasteiger partial charge in [-0.1, -0.05) is 6.42 Å². The molecule has 1 heterocycles. The highest BCUT2D eigenvalue weighted by Gasteiger charge is 2.27. The van der Waals surface area contributed by atoms with Crippen molar-refractivity contribution < 1.29 is 9.53 Å². The summed E-state index contributed by atoms with van der Waals surface area (Å²) in [5.41, 5.74) is 3.26. The van der Waals surface area contributed by atoms with Crippen LogP contribution in [0.2, 0.25) is 0 Å². The number of piperidine rings is 1. The molecule has 0 radical (unpaired) electrons. The second kappa shape index (κ2) is 6.21. The summed E-state index contributed by atoms with van der Waals surface area (Å²) in [5.74, 6) is -0.174. The molecule has 0 bridgehead atoms. The third-order valence-electron chi connectivity index (χ3n) is 3.18. The number of carbonyl (C=O) groups excluding carboxylic acids is 1. The molecule has 1 rings (SSSR count). The molecular weight excluding hydrogens is 204 g/mol. The first-order chi connectivity index (χ1) is 7.56. The number of hydrogen-bond donors (Lipinski definition) is 1. The van der Waals surface area contributed by atoms with E-state index in [1.165, 1.54) is 19.3 Å². The third-order valence-corrected chi connectivity index (χ3v) is 3.18. The topological polar surface area (TPSA) is 41.6 Å². The SMILES string of the molecule is CCOC(=O)C(C)NN1C(C)CCCC1C. The zero-order valence-electron chi connectivity index (χ0n) is 10.8. The first-order valence-corrected chi connectivity index (χ1v) is 6.27. The Hall–Kier alpha value is -0.610. The van der Waals surface area contributed by atoms with E-state index in [0.29, 0.717) is 18.7 Å². The van der Waals surface area contributed by atoms with Crippen molar-refractivity contribution in [1.29, 1.82) is 0 Å². The van der Waals surface area contributed by atoms with Crippen LogP contribution in [-0.4, -0.2) is 35.7 Å². The van der Waals surface area contributed by atoms with Crippen LogP contribution in [0.25, 0.3) is 0 Å². The van der Waals surface area contributed by atoms with Crippen LogP contribution in [0.5, 0.6) is 0 Å². The van der Waals surface area contributed by atoms with E-state index in [9.17, 15) is 4.79 Å². The maximum absolute atomic E-state index is 11.5. The molecule has 0 spiro atoms. The van der Waals surface area contributed by atoms with E-state index in [1.54, 1.807) is 0 Å². The fourth-order valence-corrected chi connectivity index (χ4v) is 2.22. The lowest BCUT2D eigenvalue weighted by Crippen LogP contribution is -2.56. The van der Waals surface area contributed by atoms with Crippen LogP contribution < -0.4 is 5.43 Å². The highest BCUT2D eigenvalue weighted by Crippen LogP contribution is 2.20. The van der Waals surface area contributed by atoms with E-state index in [2.05, 4.69) is 24.3 Å². The van der Waals surface area contributed by atoms with Crippen molar-refractivity contribution in [2.24, 2.45) is 0 Å². The normalized spacial score (nSPS) is 28.8. The molecule has 4 heteroatoms. The minimum Gasteiger partial charge on any atom is -0.465 e. The molecule has 0 aromatic rings. The predicted molar refractivity (Wildman–Crippen MR) is 63.8 cm³/mol. The zero-order chi connectivity index (χ0) is 12.1. The molecular formula is C12H24N2O2. The Morgan fingerprint density at radius 3 is 2.50 bits per heavy atom. The Balaban J connectivity index is 2.47. The van der Waals surface area contributed by atoms with E-state index >= 15 is 0 Å². The lowest BCUT2D eigenvalue weighted by molar-refractivity contribution is -0.147. The number of carbonyl (C=O) groups is 1. The van der Waals surface area contributed by atoms with Crippen molar-refractivity contribution in [3.63, 3.8) is 0 Å². The number of ether oxygens (including phenoxy) is 1. The first kappa shape index (κ1) is 13.5. The van der Waals surface area contributed by atoms with E-state index in [-0.39, 0.29) is 12.0 Å². The summed E-state index contributed by atoms with van der Waals surface area (Å²) in [4.78, 5) is 11.5. The third kappa shape index (κ3) is 3.46. The van der Waals surface area contributed by atoms with Gasteiger partial charge in [0.05, 0.1) is 6.61 Å². The standard InChI is InChI=1S/C12H24N2O2/c1-5-16-12(15)11(4)13-14-9(2)7-6-8-10(14)3/h9-11,13H,5-8H2,1-4H3. The van der Waals surface area contributed by atoms with E-state index < -0.39 is 0 Å². The summed E-state index contributed by atoms with van der Waals surface area (Å²) in [5, 5.41) is 2.20. The van der Waals surface area contributed by atoms with Crippen LogP contribution in [0.4, 0.5) is 0 Å². The molecule has 1 aliphatic rings. The van der Waals surface area contributed by atoms with Gasteiger partial charge in [0.15, 0.2) is 0 Å². The van der Waals surface area contributed by atoms with Crippen LogP contribution in [0.15, 0.2) is 0 Å². The molecule has 1 saturated heterocycles. The minimum atomic E-state index is -0.261. The summed E-state index contributed by atoms with van der Waals surface area (Å²) in [7, 11) is 0. The fraction of sp³-hybridized carbons (Fsp3) is 0.917. The van der Waals surface area contributed by atoms with E-state index in [1.807, 2.05) is 13.8 Å². The van der Waals surface area contributed by atoms with Crippen LogP contribution in [0, 0.1) is 0 Å². The molecule has 4 nitrogen and oxygen atoms in total. The summed E-state index contributed by atoms with van der Waals surface area (Å²) >= 11 is 0. The van der Waals surface area contributed by atoms with Crippen LogP contribution in [-0.2, 0) is 9.53 Å². The molecule has 1 N–H and O–H groups in total. The average molecular weight is 228 g/mol. The van der Waals surface area contributed by atoms with Crippen LogP contribution in [0.1, 0.15) is 47.0 Å². The lowest BCUT2D eigenvalue weighted by Gasteiger charge is -2.40. The predicted octanol–water partition coefficient (Wildman–Crippen LogP) is 1.71. The molecule has 3 atom stereocenters. The number of hydrazine groups is 1. The maximum Gasteiger partial charge on any atom is 0.324 e. The highest BCUT2D eigenvalue weighted by atomic mass is 16.5. The van der Waals surface area contributed by atoms with Gasteiger partial charge in [0.25, 0.3) is 0 Å². The van der Waals surface area contributed by atoms with Crippen molar-refractivity contribution in [2.45, 2.75) is 65.1 Å². The average Bonchev–Trinajstić information content (AvgIpc) is 2.23. The molecule has 3 unspecified atom stereocenters. The van der Waals surface area contributed by atoms with Gasteiger partial charge in [-0.3, -0.25) is 4.79 Å². The van der Waals surface area contributed by atoms with Crippen LogP contribution >= 0.6 is 0 Å². The summed E-state index contributed by atoms with van der Waals surface area (Å²) in [6, 6.07) is 0.712.